The summed E-state index contributed by atoms with van der Waals surface area (Å²) >= 11 is 0. The molecule has 1 aliphatic rings. The number of carboxylic acid groups (broad SMARTS) is 1. The molecule has 0 aromatic carbocycles. The first-order chi connectivity index (χ1) is 14.8. The van der Waals surface area contributed by atoms with Crippen molar-refractivity contribution in [1.82, 2.24) is 23.6 Å². The number of aromatic nitrogens is 4. The van der Waals surface area contributed by atoms with Crippen LogP contribution in [0.15, 0.2) is 15.9 Å². The van der Waals surface area contributed by atoms with Crippen molar-refractivity contribution in [1.29, 1.82) is 0 Å². The number of amides is 1. The number of hydrogen-bond acceptors (Lipinski definition) is 8. The third-order valence-electron chi connectivity index (χ3n) is 6.04. The summed E-state index contributed by atoms with van der Waals surface area (Å²) in [5.74, 6) is -1.66. The monoisotopic (exact) mass is 452 g/mol. The Balaban J connectivity index is 2.03. The molecule has 0 aliphatic carbocycles. The minimum absolute atomic E-state index is 0.0668. The van der Waals surface area contributed by atoms with E-state index in [1.54, 1.807) is 0 Å². The maximum absolute atomic E-state index is 12.9. The normalized spacial score (nSPS) is 25.0. The molecule has 0 unspecified atom stereocenters. The van der Waals surface area contributed by atoms with E-state index in [1.807, 2.05) is 0 Å². The van der Waals surface area contributed by atoms with Gasteiger partial charge in [-0.1, -0.05) is 0 Å². The lowest BCUT2D eigenvalue weighted by Gasteiger charge is -2.34. The molecule has 2 aromatic heterocycles. The zero-order valence-corrected chi connectivity index (χ0v) is 18.1. The highest BCUT2D eigenvalue weighted by Gasteiger charge is 2.42. The van der Waals surface area contributed by atoms with Gasteiger partial charge in [-0.3, -0.25) is 23.5 Å². The number of fused-ring (bicyclic) bond motifs is 1. The van der Waals surface area contributed by atoms with Gasteiger partial charge < -0.3 is 30.5 Å². The Kier molecular flexibility index (Phi) is 6.26. The first-order valence-electron chi connectivity index (χ1n) is 10.1. The Labute approximate surface area is 182 Å². The molecular formula is C19H28N6O7. The van der Waals surface area contributed by atoms with Gasteiger partial charge in [-0.2, -0.15) is 0 Å². The molecule has 4 atom stereocenters. The molecule has 13 heteroatoms. The molecule has 32 heavy (non-hydrogen) atoms. The molecule has 5 N–H and O–H groups in total. The summed E-state index contributed by atoms with van der Waals surface area (Å²) in [4.78, 5) is 54.3. The Morgan fingerprint density at radius 3 is 2.56 bits per heavy atom. The van der Waals surface area contributed by atoms with Gasteiger partial charge in [0.15, 0.2) is 11.2 Å². The zero-order valence-electron chi connectivity index (χ0n) is 18.1. The lowest BCUT2D eigenvalue weighted by Crippen LogP contribution is -2.44. The van der Waals surface area contributed by atoms with Gasteiger partial charge in [-0.25, -0.2) is 9.78 Å². The van der Waals surface area contributed by atoms with Gasteiger partial charge in [0.1, 0.15) is 6.04 Å². The summed E-state index contributed by atoms with van der Waals surface area (Å²) in [6.07, 6.45) is -0.0455. The molecule has 2 aromatic rings. The Bertz CT molecular complexity index is 1160. The van der Waals surface area contributed by atoms with Gasteiger partial charge in [-0.05, 0) is 13.3 Å². The van der Waals surface area contributed by atoms with E-state index in [0.717, 1.165) is 4.57 Å². The first-order valence-corrected chi connectivity index (χ1v) is 10.1. The number of aliphatic hydroxyl groups excluding tert-OH is 1. The molecular weight excluding hydrogens is 424 g/mol. The van der Waals surface area contributed by atoms with Crippen LogP contribution >= 0.6 is 0 Å². The number of likely N-dealkylation sites (tertiary alicyclic amines) is 1. The molecule has 0 saturated carbocycles. The second-order valence-electron chi connectivity index (χ2n) is 8.54. The summed E-state index contributed by atoms with van der Waals surface area (Å²) in [5.41, 5.74) is 3.00. The van der Waals surface area contributed by atoms with Gasteiger partial charge in [0.05, 0.1) is 24.1 Å². The minimum Gasteiger partial charge on any atom is -0.480 e. The van der Waals surface area contributed by atoms with Crippen LogP contribution in [0.3, 0.4) is 0 Å². The van der Waals surface area contributed by atoms with Crippen molar-refractivity contribution >= 4 is 23.0 Å². The van der Waals surface area contributed by atoms with Crippen LogP contribution in [0.5, 0.6) is 0 Å². The number of nitrogens with zero attached hydrogens (tertiary/aromatic N) is 5. The first kappa shape index (κ1) is 23.6. The van der Waals surface area contributed by atoms with Crippen molar-refractivity contribution in [2.24, 2.45) is 19.8 Å². The number of rotatable bonds is 5. The standard InChI is InChI=1S/C19H28N6O7/c1-19(32)6-10(26)7-24(13(27)5-4-11(20)17(29)30)8-12(19)25-9-21-15-14(25)16(28)23(3)18(31)22(15)2/h9-12,26,32H,4-8,20H2,1-3H3,(H,29,30)/t10-,11+,12+,19+/m0/s1. The van der Waals surface area contributed by atoms with Gasteiger partial charge >= 0.3 is 11.7 Å². The number of aliphatic carboxylic acids is 1. The smallest absolute Gasteiger partial charge is 0.332 e. The van der Waals surface area contributed by atoms with Crippen LogP contribution < -0.4 is 17.0 Å². The molecule has 0 radical (unpaired) electrons. The molecule has 1 saturated heterocycles. The molecule has 1 aliphatic heterocycles. The van der Waals surface area contributed by atoms with Gasteiger partial charge in [0.2, 0.25) is 5.91 Å². The zero-order chi connectivity index (χ0) is 24.0. The van der Waals surface area contributed by atoms with E-state index < -0.39 is 46.9 Å². The average molecular weight is 452 g/mol. The molecule has 3 rings (SSSR count). The van der Waals surface area contributed by atoms with E-state index >= 15 is 0 Å². The fourth-order valence-corrected chi connectivity index (χ4v) is 4.16. The Hall–Kier alpha value is -3.03. The quantitative estimate of drug-likeness (QED) is 0.381. The average Bonchev–Trinajstić information content (AvgIpc) is 3.10. The summed E-state index contributed by atoms with van der Waals surface area (Å²) in [6.45, 7) is 1.35. The van der Waals surface area contributed by atoms with Gasteiger partial charge in [-0.15, -0.1) is 0 Å². The van der Waals surface area contributed by atoms with Gasteiger partial charge in [0.25, 0.3) is 5.56 Å². The topological polar surface area (TPSA) is 186 Å². The minimum atomic E-state index is -1.53. The molecule has 3 heterocycles. The number of aliphatic hydroxyl groups is 2. The highest BCUT2D eigenvalue weighted by atomic mass is 16.4. The lowest BCUT2D eigenvalue weighted by molar-refractivity contribution is -0.139. The van der Waals surface area contributed by atoms with E-state index in [1.165, 1.54) is 41.4 Å². The molecule has 13 nitrogen and oxygen atoms in total. The molecule has 1 amide bonds. The maximum atomic E-state index is 12.9. The van der Waals surface area contributed by atoms with Crippen molar-refractivity contribution < 1.29 is 24.9 Å². The molecule has 176 valence electrons. The van der Waals surface area contributed by atoms with Crippen LogP contribution in [0.25, 0.3) is 11.2 Å². The number of carbonyl (C=O) groups is 2. The van der Waals surface area contributed by atoms with Crippen molar-refractivity contribution in [3.8, 4) is 0 Å². The number of aryl methyl sites for hydroxylation is 1. The summed E-state index contributed by atoms with van der Waals surface area (Å²) in [7, 11) is 2.80. The predicted molar refractivity (Wildman–Crippen MR) is 112 cm³/mol. The van der Waals surface area contributed by atoms with Crippen LogP contribution in [0.4, 0.5) is 0 Å². The van der Waals surface area contributed by atoms with E-state index in [2.05, 4.69) is 4.98 Å². The highest BCUT2D eigenvalue weighted by molar-refractivity contribution is 5.78. The van der Waals surface area contributed by atoms with Crippen LogP contribution in [-0.2, 0) is 23.7 Å². The Morgan fingerprint density at radius 1 is 1.28 bits per heavy atom. The number of β-amino-alcohol motifs (C(OH)–C–C–N with tert-alkyl or cyclic N) is 1. The van der Waals surface area contributed by atoms with E-state index in [-0.39, 0.29) is 43.5 Å². The van der Waals surface area contributed by atoms with Crippen LogP contribution in [0.1, 0.15) is 32.2 Å². The largest absolute Gasteiger partial charge is 0.480 e. The van der Waals surface area contributed by atoms with Crippen LogP contribution in [-0.4, -0.2) is 81.6 Å². The molecule has 1 fully saturated rings. The maximum Gasteiger partial charge on any atom is 0.332 e. The second-order valence-corrected chi connectivity index (χ2v) is 8.54. The fraction of sp³-hybridized carbons (Fsp3) is 0.632. The van der Waals surface area contributed by atoms with Crippen LogP contribution in [0.2, 0.25) is 0 Å². The Morgan fingerprint density at radius 2 is 1.94 bits per heavy atom. The molecule has 0 spiro atoms. The fourth-order valence-electron chi connectivity index (χ4n) is 4.16. The van der Waals surface area contributed by atoms with Crippen molar-refractivity contribution in [2.75, 3.05) is 13.1 Å². The number of carboxylic acids is 1. The van der Waals surface area contributed by atoms with Crippen molar-refractivity contribution in [2.45, 2.75) is 50.0 Å². The number of nitrogens with two attached hydrogens (primary N) is 1. The third kappa shape index (κ3) is 4.18. The summed E-state index contributed by atoms with van der Waals surface area (Å²) in [6, 6.07) is -2.07. The highest BCUT2D eigenvalue weighted by Crippen LogP contribution is 2.33. The number of carbonyl (C=O) groups excluding carboxylic acids is 1. The summed E-state index contributed by atoms with van der Waals surface area (Å²) in [5, 5.41) is 30.5. The van der Waals surface area contributed by atoms with E-state index in [0.29, 0.717) is 0 Å². The number of hydrogen-bond donors (Lipinski definition) is 4. The van der Waals surface area contributed by atoms with Crippen molar-refractivity contribution in [3.63, 3.8) is 0 Å². The van der Waals surface area contributed by atoms with Gasteiger partial charge in [0, 0.05) is 40.0 Å². The number of imidazole rings is 1. The van der Waals surface area contributed by atoms with E-state index in [4.69, 9.17) is 10.8 Å². The molecule has 0 bridgehead atoms. The second kappa shape index (κ2) is 8.48. The van der Waals surface area contributed by atoms with E-state index in [9.17, 15) is 29.4 Å². The lowest BCUT2D eigenvalue weighted by atomic mass is 9.91. The van der Waals surface area contributed by atoms with Crippen molar-refractivity contribution in [3.05, 3.63) is 27.2 Å². The third-order valence-corrected chi connectivity index (χ3v) is 6.04. The SMILES string of the molecule is Cn1c(=O)c2c(ncn2[C@@H]2CN(C(=O)CC[C@@H](N)C(=O)O)C[C@@H](O)C[C@@]2(C)O)n(C)c1=O. The van der Waals surface area contributed by atoms with Crippen LogP contribution in [0, 0.1) is 0 Å². The summed E-state index contributed by atoms with van der Waals surface area (Å²) < 4.78 is 3.57. The predicted octanol–water partition coefficient (Wildman–Crippen LogP) is -2.49.